The highest BCUT2D eigenvalue weighted by Gasteiger charge is 2.51. The molecular formula is C19H29BN4O5. The molecule has 0 bridgehead atoms. The smallest absolute Gasteiger partial charge is 0.465 e. The Morgan fingerprint density at radius 3 is 2.34 bits per heavy atom. The molecular weight excluding hydrogens is 375 g/mol. The summed E-state index contributed by atoms with van der Waals surface area (Å²) in [5.41, 5.74) is 0.465. The second-order valence-corrected chi connectivity index (χ2v) is 8.50. The molecule has 1 aromatic heterocycles. The Hall–Kier alpha value is -2.17. The monoisotopic (exact) mass is 404 g/mol. The number of anilines is 1. The van der Waals surface area contributed by atoms with Crippen LogP contribution in [-0.4, -0.2) is 82.9 Å². The van der Waals surface area contributed by atoms with Crippen LogP contribution in [0, 0.1) is 0 Å². The summed E-state index contributed by atoms with van der Waals surface area (Å²) in [4.78, 5) is 31.0. The molecule has 2 N–H and O–H groups in total. The molecule has 9 nitrogen and oxygen atoms in total. The molecule has 2 aliphatic heterocycles. The van der Waals surface area contributed by atoms with Crippen molar-refractivity contribution in [2.24, 2.45) is 0 Å². The highest BCUT2D eigenvalue weighted by atomic mass is 16.7. The van der Waals surface area contributed by atoms with E-state index in [1.165, 1.54) is 4.90 Å². The first kappa shape index (κ1) is 21.5. The van der Waals surface area contributed by atoms with Gasteiger partial charge in [0, 0.05) is 50.8 Å². The highest BCUT2D eigenvalue weighted by Crippen LogP contribution is 2.36. The topological polar surface area (TPSA) is 104 Å². The van der Waals surface area contributed by atoms with Crippen molar-refractivity contribution in [3.8, 4) is 0 Å². The van der Waals surface area contributed by atoms with Gasteiger partial charge in [-0.2, -0.15) is 0 Å². The molecule has 0 spiro atoms. The van der Waals surface area contributed by atoms with Gasteiger partial charge in [-0.05, 0) is 33.8 Å². The van der Waals surface area contributed by atoms with Crippen molar-refractivity contribution in [1.82, 2.24) is 14.8 Å². The number of rotatable bonds is 5. The Morgan fingerprint density at radius 1 is 1.14 bits per heavy atom. The van der Waals surface area contributed by atoms with E-state index in [0.29, 0.717) is 44.8 Å². The van der Waals surface area contributed by atoms with Gasteiger partial charge in [0.1, 0.15) is 0 Å². The van der Waals surface area contributed by atoms with E-state index >= 15 is 0 Å². The van der Waals surface area contributed by atoms with Crippen LogP contribution >= 0.6 is 0 Å². The molecule has 2 aliphatic rings. The van der Waals surface area contributed by atoms with Crippen molar-refractivity contribution in [1.29, 1.82) is 0 Å². The molecule has 0 unspecified atom stereocenters. The summed E-state index contributed by atoms with van der Waals surface area (Å²) in [6.45, 7) is 10.8. The lowest BCUT2D eigenvalue weighted by molar-refractivity contribution is -0.116. The van der Waals surface area contributed by atoms with Gasteiger partial charge in [-0.3, -0.25) is 14.7 Å². The maximum Gasteiger partial charge on any atom is 0.496 e. The van der Waals surface area contributed by atoms with Gasteiger partial charge in [-0.1, -0.05) is 0 Å². The zero-order valence-corrected chi connectivity index (χ0v) is 17.5. The maximum atomic E-state index is 12.3. The molecule has 29 heavy (non-hydrogen) atoms. The number of nitrogens with zero attached hydrogens (tertiary/aromatic N) is 3. The maximum absolute atomic E-state index is 12.3. The van der Waals surface area contributed by atoms with Crippen LogP contribution in [0.25, 0.3) is 0 Å². The molecule has 2 saturated heterocycles. The zero-order chi connectivity index (χ0) is 21.2. The number of carboxylic acid groups (broad SMARTS) is 1. The van der Waals surface area contributed by atoms with E-state index in [1.807, 2.05) is 33.8 Å². The van der Waals surface area contributed by atoms with E-state index in [1.54, 1.807) is 12.4 Å². The number of carbonyl (C=O) groups excluding carboxylic acids is 1. The largest absolute Gasteiger partial charge is 0.496 e. The first-order valence-electron chi connectivity index (χ1n) is 9.88. The summed E-state index contributed by atoms with van der Waals surface area (Å²) >= 11 is 0. The third-order valence-electron chi connectivity index (χ3n) is 5.87. The van der Waals surface area contributed by atoms with E-state index in [-0.39, 0.29) is 5.91 Å². The number of aromatic nitrogens is 1. The van der Waals surface area contributed by atoms with Crippen molar-refractivity contribution < 1.29 is 24.0 Å². The van der Waals surface area contributed by atoms with Crippen LogP contribution < -0.4 is 10.8 Å². The lowest BCUT2D eigenvalue weighted by Crippen LogP contribution is -2.48. The van der Waals surface area contributed by atoms with E-state index in [0.717, 1.165) is 5.46 Å². The number of hydrogen-bond acceptors (Lipinski definition) is 6. The van der Waals surface area contributed by atoms with Gasteiger partial charge in [0.15, 0.2) is 0 Å². The van der Waals surface area contributed by atoms with Crippen LogP contribution in [0.3, 0.4) is 0 Å². The molecule has 158 valence electrons. The van der Waals surface area contributed by atoms with Gasteiger partial charge in [-0.25, -0.2) is 4.79 Å². The number of amides is 2. The Morgan fingerprint density at radius 2 is 1.76 bits per heavy atom. The van der Waals surface area contributed by atoms with Crippen LogP contribution in [0.4, 0.5) is 10.5 Å². The first-order chi connectivity index (χ1) is 13.6. The number of hydrogen-bond donors (Lipinski definition) is 2. The van der Waals surface area contributed by atoms with Gasteiger partial charge >= 0.3 is 13.2 Å². The van der Waals surface area contributed by atoms with Crippen LogP contribution in [-0.2, 0) is 14.1 Å². The predicted octanol–water partition coefficient (Wildman–Crippen LogP) is 1.01. The number of piperazine rings is 1. The lowest BCUT2D eigenvalue weighted by atomic mass is 9.80. The Bertz CT molecular complexity index is 749. The van der Waals surface area contributed by atoms with E-state index in [2.05, 4.69) is 15.2 Å². The fourth-order valence-corrected chi connectivity index (χ4v) is 3.28. The van der Waals surface area contributed by atoms with Gasteiger partial charge in [0.05, 0.1) is 23.1 Å². The van der Waals surface area contributed by atoms with Gasteiger partial charge in [0.2, 0.25) is 5.91 Å². The first-order valence-corrected chi connectivity index (χ1v) is 9.88. The van der Waals surface area contributed by atoms with Crippen molar-refractivity contribution in [3.05, 3.63) is 18.5 Å². The minimum atomic E-state index is -0.892. The van der Waals surface area contributed by atoms with Crippen LogP contribution in [0.1, 0.15) is 34.1 Å². The fraction of sp³-hybridized carbons (Fsp3) is 0.632. The van der Waals surface area contributed by atoms with Crippen LogP contribution in [0.15, 0.2) is 18.5 Å². The third-order valence-corrected chi connectivity index (χ3v) is 5.87. The Kier molecular flexibility index (Phi) is 6.16. The Balaban J connectivity index is 1.50. The third kappa shape index (κ3) is 5.06. The quantitative estimate of drug-likeness (QED) is 0.706. The summed E-state index contributed by atoms with van der Waals surface area (Å²) in [6.07, 6.45) is 2.71. The van der Waals surface area contributed by atoms with E-state index in [9.17, 15) is 9.59 Å². The summed E-state index contributed by atoms with van der Waals surface area (Å²) < 4.78 is 12.1. The number of pyridine rings is 1. The molecule has 1 aromatic rings. The minimum absolute atomic E-state index is 0.112. The highest BCUT2D eigenvalue weighted by molar-refractivity contribution is 6.62. The van der Waals surface area contributed by atoms with Crippen molar-refractivity contribution in [3.63, 3.8) is 0 Å². The summed E-state index contributed by atoms with van der Waals surface area (Å²) in [5.74, 6) is -0.112. The predicted molar refractivity (Wildman–Crippen MR) is 109 cm³/mol. The molecule has 0 radical (unpaired) electrons. The van der Waals surface area contributed by atoms with E-state index in [4.69, 9.17) is 14.4 Å². The van der Waals surface area contributed by atoms with E-state index < -0.39 is 24.4 Å². The molecule has 0 atom stereocenters. The standard InChI is InChI=1S/C19H29BN4O5/c1-18(2)19(3,4)29-20(28-18)14-11-15(13-21-12-14)22-16(25)5-6-23-7-9-24(10-8-23)17(26)27/h11-13H,5-10H2,1-4H3,(H,22,25)(H,26,27). The second-order valence-electron chi connectivity index (χ2n) is 8.50. The second kappa shape index (κ2) is 8.29. The zero-order valence-electron chi connectivity index (χ0n) is 17.5. The van der Waals surface area contributed by atoms with Gasteiger partial charge < -0.3 is 24.6 Å². The van der Waals surface area contributed by atoms with Crippen molar-refractivity contribution in [2.45, 2.75) is 45.3 Å². The normalized spacial score (nSPS) is 21.2. The lowest BCUT2D eigenvalue weighted by Gasteiger charge is -2.32. The molecule has 10 heteroatoms. The summed E-state index contributed by atoms with van der Waals surface area (Å²) in [6, 6.07) is 1.82. The summed E-state index contributed by atoms with van der Waals surface area (Å²) in [5, 5.41) is 11.9. The minimum Gasteiger partial charge on any atom is -0.465 e. The SMILES string of the molecule is CC1(C)OB(c2cncc(NC(=O)CCN3CCN(C(=O)O)CC3)c2)OC1(C)C. The number of nitrogens with one attached hydrogen (secondary N) is 1. The van der Waals surface area contributed by atoms with Crippen LogP contribution in [0.5, 0.6) is 0 Å². The number of carbonyl (C=O) groups is 2. The van der Waals surface area contributed by atoms with Crippen LogP contribution in [0.2, 0.25) is 0 Å². The molecule has 0 aliphatic carbocycles. The molecule has 3 heterocycles. The molecule has 3 rings (SSSR count). The average Bonchev–Trinajstić information content (AvgIpc) is 2.88. The molecule has 0 aromatic carbocycles. The molecule has 2 fully saturated rings. The summed E-state index contributed by atoms with van der Waals surface area (Å²) in [7, 11) is -0.533. The van der Waals surface area contributed by atoms with Crippen molar-refractivity contribution >= 4 is 30.3 Å². The van der Waals surface area contributed by atoms with Crippen molar-refractivity contribution in [2.75, 3.05) is 38.0 Å². The average molecular weight is 404 g/mol. The molecule has 2 amide bonds. The fourth-order valence-electron chi connectivity index (χ4n) is 3.28. The Labute approximate surface area is 171 Å². The van der Waals surface area contributed by atoms with Gasteiger partial charge in [-0.15, -0.1) is 0 Å². The van der Waals surface area contributed by atoms with Gasteiger partial charge in [0.25, 0.3) is 0 Å². The molecule has 0 saturated carbocycles.